The molecule has 3 rings (SSSR count). The highest BCUT2D eigenvalue weighted by Crippen LogP contribution is 2.40. The van der Waals surface area contributed by atoms with Crippen LogP contribution in [0.4, 0.5) is 8.78 Å². The Morgan fingerprint density at radius 3 is 2.03 bits per heavy atom. The van der Waals surface area contributed by atoms with E-state index in [0.717, 1.165) is 49.0 Å². The van der Waals surface area contributed by atoms with Crippen molar-refractivity contribution in [2.45, 2.75) is 102 Å². The van der Waals surface area contributed by atoms with Crippen LogP contribution in [0.15, 0.2) is 30.6 Å². The third-order valence-corrected chi connectivity index (χ3v) is 7.95. The third kappa shape index (κ3) is 7.74. The molecule has 3 heteroatoms. The van der Waals surface area contributed by atoms with Crippen LogP contribution in [0, 0.1) is 34.9 Å². The van der Waals surface area contributed by atoms with Crippen LogP contribution in [0.5, 0.6) is 0 Å². The van der Waals surface area contributed by atoms with E-state index in [-0.39, 0.29) is 11.4 Å². The lowest BCUT2D eigenvalue weighted by atomic mass is 9.74. The van der Waals surface area contributed by atoms with Crippen molar-refractivity contribution >= 4 is 0 Å². The van der Waals surface area contributed by atoms with E-state index in [4.69, 9.17) is 5.26 Å². The first-order valence-electron chi connectivity index (χ1n) is 12.6. The Morgan fingerprint density at radius 1 is 0.839 bits per heavy atom. The average molecular weight is 428 g/mol. The molecule has 0 aromatic heterocycles. The Balaban J connectivity index is 1.28. The van der Waals surface area contributed by atoms with Crippen molar-refractivity contribution in [1.29, 1.82) is 5.26 Å². The maximum Gasteiger partial charge on any atom is 0.141 e. The molecule has 0 aliphatic heterocycles. The second-order valence-corrected chi connectivity index (χ2v) is 10.0. The molecule has 0 saturated heterocycles. The lowest BCUT2D eigenvalue weighted by molar-refractivity contribution is 0.222. The predicted octanol–water partition coefficient (Wildman–Crippen LogP) is 8.99. The van der Waals surface area contributed by atoms with Gasteiger partial charge in [-0.05, 0) is 79.9 Å². The fourth-order valence-electron chi connectivity index (χ4n) is 5.88. The van der Waals surface area contributed by atoms with Crippen molar-refractivity contribution in [2.75, 3.05) is 0 Å². The van der Waals surface area contributed by atoms with E-state index in [1.54, 1.807) is 18.2 Å². The summed E-state index contributed by atoms with van der Waals surface area (Å²) in [5.41, 5.74) is 1.23. The molecule has 1 aromatic carbocycles. The van der Waals surface area contributed by atoms with Crippen LogP contribution in [0.3, 0.4) is 0 Å². The molecule has 31 heavy (non-hydrogen) atoms. The standard InChI is InChI=1S/C28H39F2N/c29-19-5-3-1-2-4-6-22-7-9-23(10-8-22)11-12-24-13-15-25(16-14-24)26-17-18-27(21-31)28(30)20-26/h5,17-20,22-25H,1-4,6-16H2/t22-,23-,24-,25-. The molecule has 170 valence electrons. The van der Waals surface area contributed by atoms with Crippen molar-refractivity contribution in [3.05, 3.63) is 47.5 Å². The van der Waals surface area contributed by atoms with E-state index >= 15 is 0 Å². The Labute approximate surface area is 187 Å². The maximum absolute atomic E-state index is 13.9. The first kappa shape index (κ1) is 24.0. The molecule has 0 spiro atoms. The summed E-state index contributed by atoms with van der Waals surface area (Å²) in [7, 11) is 0. The van der Waals surface area contributed by atoms with Gasteiger partial charge in [0.15, 0.2) is 0 Å². The number of halogens is 2. The molecule has 2 aliphatic rings. The number of allylic oxidation sites excluding steroid dienone is 1. The number of unbranched alkanes of at least 4 members (excludes halogenated alkanes) is 3. The highest BCUT2D eigenvalue weighted by molar-refractivity contribution is 5.34. The van der Waals surface area contributed by atoms with Crippen molar-refractivity contribution < 1.29 is 8.78 Å². The zero-order valence-corrected chi connectivity index (χ0v) is 19.0. The van der Waals surface area contributed by atoms with Gasteiger partial charge in [0.2, 0.25) is 0 Å². The van der Waals surface area contributed by atoms with Crippen LogP contribution < -0.4 is 0 Å². The lowest BCUT2D eigenvalue weighted by Gasteiger charge is -2.32. The normalized spacial score (nSPS) is 26.7. The molecule has 0 atom stereocenters. The Morgan fingerprint density at radius 2 is 1.45 bits per heavy atom. The number of hydrogen-bond donors (Lipinski definition) is 0. The summed E-state index contributed by atoms with van der Waals surface area (Å²) in [6.07, 6.45) is 21.5. The SMILES string of the molecule is N#Cc1ccc([C@H]2CC[C@H](CC[C@H]3CC[C@H](CCCCCC=CF)CC3)CC2)cc1F. The minimum atomic E-state index is -0.369. The lowest BCUT2D eigenvalue weighted by Crippen LogP contribution is -2.18. The molecule has 0 radical (unpaired) electrons. The maximum atomic E-state index is 13.9. The molecule has 2 saturated carbocycles. The van der Waals surface area contributed by atoms with Gasteiger partial charge in [0, 0.05) is 0 Å². The quantitative estimate of drug-likeness (QED) is 0.342. The van der Waals surface area contributed by atoms with Crippen molar-refractivity contribution in [3.63, 3.8) is 0 Å². The monoisotopic (exact) mass is 427 g/mol. The molecule has 0 N–H and O–H groups in total. The summed E-state index contributed by atoms with van der Waals surface area (Å²) in [4.78, 5) is 0. The van der Waals surface area contributed by atoms with E-state index < -0.39 is 0 Å². The molecular formula is C28H39F2N. The fourth-order valence-corrected chi connectivity index (χ4v) is 5.88. The highest BCUT2D eigenvalue weighted by atomic mass is 19.1. The molecule has 2 aliphatic carbocycles. The molecule has 1 nitrogen and oxygen atoms in total. The largest absolute Gasteiger partial charge is 0.216 e. The molecule has 1 aromatic rings. The number of benzene rings is 1. The zero-order chi connectivity index (χ0) is 21.9. The second kappa shape index (κ2) is 13.0. The van der Waals surface area contributed by atoms with Gasteiger partial charge in [0.1, 0.15) is 11.9 Å². The van der Waals surface area contributed by atoms with Crippen molar-refractivity contribution in [3.8, 4) is 6.07 Å². The van der Waals surface area contributed by atoms with Gasteiger partial charge in [0.25, 0.3) is 0 Å². The van der Waals surface area contributed by atoms with Gasteiger partial charge in [-0.25, -0.2) is 8.78 Å². The van der Waals surface area contributed by atoms with E-state index in [0.29, 0.717) is 12.2 Å². The smallest absolute Gasteiger partial charge is 0.141 e. The van der Waals surface area contributed by atoms with E-state index in [1.807, 2.05) is 12.1 Å². The Bertz CT molecular complexity index is 719. The van der Waals surface area contributed by atoms with E-state index in [1.165, 1.54) is 70.6 Å². The van der Waals surface area contributed by atoms with Crippen LogP contribution in [-0.2, 0) is 0 Å². The number of nitriles is 1. The van der Waals surface area contributed by atoms with Gasteiger partial charge in [0.05, 0.1) is 11.9 Å². The third-order valence-electron chi connectivity index (χ3n) is 7.95. The first-order valence-corrected chi connectivity index (χ1v) is 12.6. The van der Waals surface area contributed by atoms with Gasteiger partial charge in [-0.1, -0.05) is 69.9 Å². The van der Waals surface area contributed by atoms with Gasteiger partial charge in [-0.15, -0.1) is 0 Å². The molecule has 0 unspecified atom stereocenters. The van der Waals surface area contributed by atoms with Crippen molar-refractivity contribution in [1.82, 2.24) is 0 Å². The minimum absolute atomic E-state index is 0.151. The first-order chi connectivity index (χ1) is 15.2. The summed E-state index contributed by atoms with van der Waals surface area (Å²) >= 11 is 0. The Hall–Kier alpha value is -1.69. The number of hydrogen-bond acceptors (Lipinski definition) is 1. The summed E-state index contributed by atoms with van der Waals surface area (Å²) in [5, 5.41) is 8.91. The van der Waals surface area contributed by atoms with Gasteiger partial charge >= 0.3 is 0 Å². The Kier molecular flexibility index (Phi) is 10.0. The topological polar surface area (TPSA) is 23.8 Å². The number of rotatable bonds is 10. The summed E-state index contributed by atoms with van der Waals surface area (Å²) in [6, 6.07) is 7.09. The van der Waals surface area contributed by atoms with Gasteiger partial charge in [-0.2, -0.15) is 5.26 Å². The fraction of sp³-hybridized carbons (Fsp3) is 0.679. The van der Waals surface area contributed by atoms with Crippen molar-refractivity contribution in [2.24, 2.45) is 17.8 Å². The average Bonchev–Trinajstić information content (AvgIpc) is 2.81. The van der Waals surface area contributed by atoms with Crippen LogP contribution in [0.25, 0.3) is 0 Å². The summed E-state index contributed by atoms with van der Waals surface area (Å²) in [5.74, 6) is 2.79. The highest BCUT2D eigenvalue weighted by Gasteiger charge is 2.25. The molecule has 0 amide bonds. The summed E-state index contributed by atoms with van der Waals surface area (Å²) < 4.78 is 25.9. The van der Waals surface area contributed by atoms with Gasteiger partial charge < -0.3 is 0 Å². The van der Waals surface area contributed by atoms with E-state index in [9.17, 15) is 8.78 Å². The molecule has 0 heterocycles. The van der Waals surface area contributed by atoms with Gasteiger partial charge in [-0.3, -0.25) is 0 Å². The molecule has 0 bridgehead atoms. The number of nitrogens with zero attached hydrogens (tertiary/aromatic N) is 1. The van der Waals surface area contributed by atoms with Crippen LogP contribution in [0.2, 0.25) is 0 Å². The molecule has 2 fully saturated rings. The predicted molar refractivity (Wildman–Crippen MR) is 124 cm³/mol. The second-order valence-electron chi connectivity index (χ2n) is 10.0. The zero-order valence-electron chi connectivity index (χ0n) is 19.0. The van der Waals surface area contributed by atoms with E-state index in [2.05, 4.69) is 0 Å². The summed E-state index contributed by atoms with van der Waals surface area (Å²) in [6.45, 7) is 0. The van der Waals surface area contributed by atoms with Crippen LogP contribution in [-0.4, -0.2) is 0 Å². The van der Waals surface area contributed by atoms with Crippen LogP contribution in [0.1, 0.15) is 113 Å². The van der Waals surface area contributed by atoms with Crippen LogP contribution >= 0.6 is 0 Å². The molecular weight excluding hydrogens is 388 g/mol. The minimum Gasteiger partial charge on any atom is -0.216 e.